The predicted molar refractivity (Wildman–Crippen MR) is 94.7 cm³/mol. The number of nitrogens with one attached hydrogen (secondary N) is 1. The molecule has 0 saturated carbocycles. The van der Waals surface area contributed by atoms with Crippen LogP contribution in [0.15, 0.2) is 35.1 Å². The van der Waals surface area contributed by atoms with E-state index in [1.54, 1.807) is 24.3 Å². The lowest BCUT2D eigenvalue weighted by molar-refractivity contribution is -0.134. The number of sulfone groups is 1. The first-order valence-electron chi connectivity index (χ1n) is 8.02. The van der Waals surface area contributed by atoms with E-state index in [2.05, 4.69) is 4.98 Å². The Labute approximate surface area is 149 Å². The molecule has 2 heterocycles. The summed E-state index contributed by atoms with van der Waals surface area (Å²) in [5, 5.41) is 0.514. The van der Waals surface area contributed by atoms with Crippen molar-refractivity contribution in [2.45, 2.75) is 12.5 Å². The Bertz CT molecular complexity index is 1030. The third kappa shape index (κ3) is 3.77. The van der Waals surface area contributed by atoms with Crippen LogP contribution in [0.2, 0.25) is 0 Å². The highest BCUT2D eigenvalue weighted by Gasteiger charge is 2.33. The van der Waals surface area contributed by atoms with Crippen molar-refractivity contribution in [3.05, 3.63) is 46.2 Å². The quantitative estimate of drug-likeness (QED) is 0.767. The van der Waals surface area contributed by atoms with Crippen molar-refractivity contribution in [1.82, 2.24) is 9.88 Å². The largest absolute Gasteiger partial charge is 0.452 e. The molecule has 1 fully saturated rings. The van der Waals surface area contributed by atoms with Crippen molar-refractivity contribution in [2.24, 2.45) is 0 Å². The van der Waals surface area contributed by atoms with Gasteiger partial charge >= 0.3 is 5.97 Å². The standard InChI is InChI=1S/C17H18N2O6S/c1-19(11-6-7-26(23,24)10-11)16(21)9-25-17(22)13-8-15(20)18-14-5-3-2-4-12(13)14/h2-5,8,11H,6-7,9-10H2,1H3,(H,18,20). The highest BCUT2D eigenvalue weighted by atomic mass is 32.2. The van der Waals surface area contributed by atoms with Gasteiger partial charge in [-0.3, -0.25) is 9.59 Å². The molecule has 1 unspecified atom stereocenters. The molecule has 0 bridgehead atoms. The van der Waals surface area contributed by atoms with E-state index >= 15 is 0 Å². The molecule has 2 aromatic rings. The van der Waals surface area contributed by atoms with Crippen LogP contribution in [0.4, 0.5) is 0 Å². The van der Waals surface area contributed by atoms with Gasteiger partial charge in [0.15, 0.2) is 16.4 Å². The monoisotopic (exact) mass is 378 g/mol. The molecule has 9 heteroatoms. The van der Waals surface area contributed by atoms with E-state index in [-0.39, 0.29) is 17.1 Å². The van der Waals surface area contributed by atoms with Crippen LogP contribution in [0.25, 0.3) is 10.9 Å². The summed E-state index contributed by atoms with van der Waals surface area (Å²) in [5.41, 5.74) is 0.116. The molecule has 3 rings (SSSR count). The molecule has 26 heavy (non-hydrogen) atoms. The number of fused-ring (bicyclic) bond motifs is 1. The van der Waals surface area contributed by atoms with Crippen molar-refractivity contribution in [2.75, 3.05) is 25.2 Å². The van der Waals surface area contributed by atoms with Crippen LogP contribution in [0.1, 0.15) is 16.8 Å². The van der Waals surface area contributed by atoms with Crippen LogP contribution in [0.3, 0.4) is 0 Å². The number of likely N-dealkylation sites (N-methyl/N-ethyl adjacent to an activating group) is 1. The number of rotatable bonds is 4. The molecule has 1 aromatic carbocycles. The number of H-pyrrole nitrogens is 1. The van der Waals surface area contributed by atoms with Gasteiger partial charge in [-0.2, -0.15) is 0 Å². The molecule has 138 valence electrons. The van der Waals surface area contributed by atoms with Gasteiger partial charge in [0.25, 0.3) is 5.91 Å². The van der Waals surface area contributed by atoms with Crippen molar-refractivity contribution in [1.29, 1.82) is 0 Å². The molecule has 1 amide bonds. The Morgan fingerprint density at radius 2 is 2.04 bits per heavy atom. The van der Waals surface area contributed by atoms with E-state index in [4.69, 9.17) is 4.74 Å². The summed E-state index contributed by atoms with van der Waals surface area (Å²) in [5.74, 6) is -1.31. The lowest BCUT2D eigenvalue weighted by atomic mass is 10.1. The van der Waals surface area contributed by atoms with Gasteiger partial charge in [0.05, 0.1) is 17.1 Å². The molecule has 1 aliphatic heterocycles. The molecular formula is C17H18N2O6S. The number of carbonyl (C=O) groups excluding carboxylic acids is 2. The van der Waals surface area contributed by atoms with Crippen LogP contribution < -0.4 is 5.56 Å². The molecule has 8 nitrogen and oxygen atoms in total. The zero-order chi connectivity index (χ0) is 18.9. The number of esters is 1. The third-order valence-corrected chi connectivity index (χ3v) is 6.20. The number of pyridine rings is 1. The van der Waals surface area contributed by atoms with Crippen molar-refractivity contribution >= 4 is 32.6 Å². The minimum Gasteiger partial charge on any atom is -0.452 e. The highest BCUT2D eigenvalue weighted by molar-refractivity contribution is 7.91. The van der Waals surface area contributed by atoms with E-state index in [1.807, 2.05) is 0 Å². The zero-order valence-corrected chi connectivity index (χ0v) is 14.9. The number of hydrogen-bond donors (Lipinski definition) is 1. The maximum atomic E-state index is 12.3. The number of carbonyl (C=O) groups is 2. The topological polar surface area (TPSA) is 114 Å². The van der Waals surface area contributed by atoms with Crippen molar-refractivity contribution < 1.29 is 22.7 Å². The molecule has 0 radical (unpaired) electrons. The Morgan fingerprint density at radius 3 is 2.73 bits per heavy atom. The maximum absolute atomic E-state index is 12.3. The van der Waals surface area contributed by atoms with E-state index < -0.39 is 39.9 Å². The highest BCUT2D eigenvalue weighted by Crippen LogP contribution is 2.18. The molecule has 0 spiro atoms. The summed E-state index contributed by atoms with van der Waals surface area (Å²) in [6.07, 6.45) is 0.372. The Morgan fingerprint density at radius 1 is 1.31 bits per heavy atom. The summed E-state index contributed by atoms with van der Waals surface area (Å²) < 4.78 is 28.1. The number of aromatic nitrogens is 1. The third-order valence-electron chi connectivity index (χ3n) is 4.45. The lowest BCUT2D eigenvalue weighted by Gasteiger charge is -2.23. The first-order chi connectivity index (χ1) is 12.3. The first-order valence-corrected chi connectivity index (χ1v) is 9.84. The van der Waals surface area contributed by atoms with E-state index in [1.165, 1.54) is 11.9 Å². The average molecular weight is 378 g/mol. The number of hydrogen-bond acceptors (Lipinski definition) is 6. The number of benzene rings is 1. The number of para-hydroxylation sites is 1. The fraction of sp³-hybridized carbons (Fsp3) is 0.353. The van der Waals surface area contributed by atoms with Gasteiger partial charge < -0.3 is 14.6 Å². The van der Waals surface area contributed by atoms with Gasteiger partial charge in [-0.25, -0.2) is 13.2 Å². The zero-order valence-electron chi connectivity index (χ0n) is 14.1. The van der Waals surface area contributed by atoms with Crippen LogP contribution in [-0.2, 0) is 19.4 Å². The molecule has 1 N–H and O–H groups in total. The van der Waals surface area contributed by atoms with E-state index in [0.717, 1.165) is 6.07 Å². The number of ether oxygens (including phenoxy) is 1. The summed E-state index contributed by atoms with van der Waals surface area (Å²) in [6, 6.07) is 7.49. The molecule has 1 atom stereocenters. The van der Waals surface area contributed by atoms with Crippen LogP contribution in [0, 0.1) is 0 Å². The van der Waals surface area contributed by atoms with E-state index in [9.17, 15) is 22.8 Å². The number of aromatic amines is 1. The van der Waals surface area contributed by atoms with Gasteiger partial charge in [0.2, 0.25) is 5.56 Å². The SMILES string of the molecule is CN(C(=O)COC(=O)c1cc(=O)[nH]c2ccccc12)C1CCS(=O)(=O)C1. The smallest absolute Gasteiger partial charge is 0.339 e. The summed E-state index contributed by atoms with van der Waals surface area (Å²) in [6.45, 7) is -0.521. The normalized spacial score (nSPS) is 18.6. The lowest BCUT2D eigenvalue weighted by Crippen LogP contribution is -2.40. The first kappa shape index (κ1) is 18.1. The molecular weight excluding hydrogens is 360 g/mol. The molecule has 1 saturated heterocycles. The van der Waals surface area contributed by atoms with Gasteiger partial charge in [0.1, 0.15) is 0 Å². The van der Waals surface area contributed by atoms with Gasteiger partial charge in [0, 0.05) is 30.1 Å². The Balaban J connectivity index is 1.69. The molecule has 1 aliphatic rings. The van der Waals surface area contributed by atoms with Gasteiger partial charge in [-0.1, -0.05) is 18.2 Å². The van der Waals surface area contributed by atoms with E-state index in [0.29, 0.717) is 17.3 Å². The predicted octanol–water partition coefficient (Wildman–Crippen LogP) is 0.330. The second kappa shape index (κ2) is 6.91. The summed E-state index contributed by atoms with van der Waals surface area (Å²) in [4.78, 5) is 40.1. The van der Waals surface area contributed by atoms with Gasteiger partial charge in [-0.15, -0.1) is 0 Å². The summed E-state index contributed by atoms with van der Waals surface area (Å²) in [7, 11) is -1.63. The van der Waals surface area contributed by atoms with Crippen molar-refractivity contribution in [3.63, 3.8) is 0 Å². The Hall–Kier alpha value is -2.68. The second-order valence-corrected chi connectivity index (χ2v) is 8.46. The fourth-order valence-corrected chi connectivity index (χ4v) is 4.74. The Kier molecular flexibility index (Phi) is 4.82. The van der Waals surface area contributed by atoms with Crippen LogP contribution in [0.5, 0.6) is 0 Å². The van der Waals surface area contributed by atoms with Gasteiger partial charge in [-0.05, 0) is 12.5 Å². The number of amides is 1. The van der Waals surface area contributed by atoms with Crippen LogP contribution >= 0.6 is 0 Å². The minimum atomic E-state index is -3.12. The number of nitrogens with zero attached hydrogens (tertiary/aromatic N) is 1. The second-order valence-electron chi connectivity index (χ2n) is 6.23. The summed E-state index contributed by atoms with van der Waals surface area (Å²) >= 11 is 0. The maximum Gasteiger partial charge on any atom is 0.339 e. The molecule has 1 aromatic heterocycles. The molecule has 0 aliphatic carbocycles. The van der Waals surface area contributed by atoms with Crippen LogP contribution in [-0.4, -0.2) is 61.4 Å². The van der Waals surface area contributed by atoms with Crippen molar-refractivity contribution in [3.8, 4) is 0 Å². The fourth-order valence-electron chi connectivity index (χ4n) is 2.96. The minimum absolute atomic E-state index is 0.0495. The average Bonchev–Trinajstić information content (AvgIpc) is 2.97.